The molecule has 4 rings (SSSR count). The third-order valence-electron chi connectivity index (χ3n) is 4.49. The van der Waals surface area contributed by atoms with Gasteiger partial charge in [-0.2, -0.15) is 4.98 Å². The minimum atomic E-state index is 0.264. The second-order valence-corrected chi connectivity index (χ2v) is 6.31. The SMILES string of the molecule is COc1cc(CN2CC(c3nc(-c4cccnc4)no3)C2)cc(OC)c1. The second kappa shape index (κ2) is 7.13. The highest BCUT2D eigenvalue weighted by Gasteiger charge is 2.32. The van der Waals surface area contributed by atoms with Gasteiger partial charge < -0.3 is 14.0 Å². The van der Waals surface area contributed by atoms with Crippen LogP contribution in [-0.2, 0) is 6.54 Å². The first kappa shape index (κ1) is 16.5. The molecular weight excluding hydrogens is 332 g/mol. The van der Waals surface area contributed by atoms with Gasteiger partial charge in [0.15, 0.2) is 0 Å². The van der Waals surface area contributed by atoms with E-state index in [9.17, 15) is 0 Å². The van der Waals surface area contributed by atoms with Crippen molar-refractivity contribution < 1.29 is 14.0 Å². The molecule has 3 heterocycles. The minimum Gasteiger partial charge on any atom is -0.497 e. The molecule has 1 fully saturated rings. The van der Waals surface area contributed by atoms with Gasteiger partial charge in [-0.3, -0.25) is 9.88 Å². The smallest absolute Gasteiger partial charge is 0.232 e. The Hall–Kier alpha value is -2.93. The number of hydrogen-bond donors (Lipinski definition) is 0. The number of pyridine rings is 1. The highest BCUT2D eigenvalue weighted by atomic mass is 16.5. The highest BCUT2D eigenvalue weighted by Crippen LogP contribution is 2.30. The summed E-state index contributed by atoms with van der Waals surface area (Å²) in [5.41, 5.74) is 2.02. The quantitative estimate of drug-likeness (QED) is 0.675. The highest BCUT2D eigenvalue weighted by molar-refractivity contribution is 5.52. The molecule has 0 amide bonds. The van der Waals surface area contributed by atoms with E-state index in [-0.39, 0.29) is 5.92 Å². The van der Waals surface area contributed by atoms with E-state index in [1.807, 2.05) is 30.3 Å². The van der Waals surface area contributed by atoms with Gasteiger partial charge in [-0.1, -0.05) is 5.16 Å². The first-order valence-electron chi connectivity index (χ1n) is 8.43. The molecule has 0 spiro atoms. The van der Waals surface area contributed by atoms with Crippen LogP contribution in [0.25, 0.3) is 11.4 Å². The molecule has 2 aromatic heterocycles. The van der Waals surface area contributed by atoms with E-state index in [1.54, 1.807) is 26.6 Å². The van der Waals surface area contributed by atoms with Gasteiger partial charge >= 0.3 is 0 Å². The fraction of sp³-hybridized carbons (Fsp3) is 0.316. The summed E-state index contributed by atoms with van der Waals surface area (Å²) >= 11 is 0. The average Bonchev–Trinajstić information content (AvgIpc) is 3.14. The van der Waals surface area contributed by atoms with Gasteiger partial charge in [-0.15, -0.1) is 0 Å². The van der Waals surface area contributed by atoms with Crippen molar-refractivity contribution in [3.05, 3.63) is 54.2 Å². The van der Waals surface area contributed by atoms with Crippen molar-refractivity contribution in [3.8, 4) is 22.9 Å². The Labute approximate surface area is 151 Å². The van der Waals surface area contributed by atoms with Crippen molar-refractivity contribution in [2.45, 2.75) is 12.5 Å². The first-order chi connectivity index (χ1) is 12.7. The van der Waals surface area contributed by atoms with Gasteiger partial charge in [0, 0.05) is 43.7 Å². The van der Waals surface area contributed by atoms with E-state index < -0.39 is 0 Å². The lowest BCUT2D eigenvalue weighted by molar-refractivity contribution is 0.117. The standard InChI is InChI=1S/C19H20N4O3/c1-24-16-6-13(7-17(8-16)25-2)10-23-11-15(12-23)19-21-18(22-26-19)14-4-3-5-20-9-14/h3-9,15H,10-12H2,1-2H3. The van der Waals surface area contributed by atoms with Crippen molar-refractivity contribution in [1.82, 2.24) is 20.0 Å². The molecule has 7 heteroatoms. The predicted molar refractivity (Wildman–Crippen MR) is 95.1 cm³/mol. The molecular formula is C19H20N4O3. The van der Waals surface area contributed by atoms with Crippen LogP contribution in [0.15, 0.2) is 47.2 Å². The van der Waals surface area contributed by atoms with E-state index in [0.717, 1.165) is 42.3 Å². The van der Waals surface area contributed by atoms with Crippen molar-refractivity contribution in [2.75, 3.05) is 27.3 Å². The van der Waals surface area contributed by atoms with Crippen LogP contribution in [0.5, 0.6) is 11.5 Å². The summed E-state index contributed by atoms with van der Waals surface area (Å²) in [6.07, 6.45) is 3.46. The molecule has 3 aromatic rings. The minimum absolute atomic E-state index is 0.264. The molecule has 0 radical (unpaired) electrons. The zero-order chi connectivity index (χ0) is 17.9. The number of nitrogens with zero attached hydrogens (tertiary/aromatic N) is 4. The van der Waals surface area contributed by atoms with E-state index >= 15 is 0 Å². The number of rotatable bonds is 6. The fourth-order valence-electron chi connectivity index (χ4n) is 3.08. The number of hydrogen-bond acceptors (Lipinski definition) is 7. The Morgan fingerprint density at radius 3 is 2.58 bits per heavy atom. The Morgan fingerprint density at radius 1 is 1.15 bits per heavy atom. The molecule has 0 unspecified atom stereocenters. The maximum atomic E-state index is 5.44. The number of ether oxygens (including phenoxy) is 2. The largest absolute Gasteiger partial charge is 0.497 e. The van der Waals surface area contributed by atoms with Crippen LogP contribution in [-0.4, -0.2) is 47.3 Å². The predicted octanol–water partition coefficient (Wildman–Crippen LogP) is 2.75. The summed E-state index contributed by atoms with van der Waals surface area (Å²) in [4.78, 5) is 10.9. The molecule has 0 atom stereocenters. The molecule has 0 bridgehead atoms. The van der Waals surface area contributed by atoms with Gasteiger partial charge in [0.2, 0.25) is 11.7 Å². The molecule has 0 N–H and O–H groups in total. The van der Waals surface area contributed by atoms with Crippen LogP contribution in [0, 0.1) is 0 Å². The third-order valence-corrected chi connectivity index (χ3v) is 4.49. The number of aromatic nitrogens is 3. The lowest BCUT2D eigenvalue weighted by Gasteiger charge is -2.37. The zero-order valence-electron chi connectivity index (χ0n) is 14.8. The first-order valence-corrected chi connectivity index (χ1v) is 8.43. The Balaban J connectivity index is 1.38. The van der Waals surface area contributed by atoms with Crippen molar-refractivity contribution >= 4 is 0 Å². The van der Waals surface area contributed by atoms with Crippen molar-refractivity contribution in [3.63, 3.8) is 0 Å². The Kier molecular flexibility index (Phi) is 4.53. The van der Waals surface area contributed by atoms with Gasteiger partial charge in [-0.05, 0) is 29.8 Å². The maximum absolute atomic E-state index is 5.44. The summed E-state index contributed by atoms with van der Waals surface area (Å²) in [5.74, 6) is 3.14. The van der Waals surface area contributed by atoms with Crippen LogP contribution in [0.4, 0.5) is 0 Å². The number of methoxy groups -OCH3 is 2. The second-order valence-electron chi connectivity index (χ2n) is 6.31. The zero-order valence-corrected chi connectivity index (χ0v) is 14.8. The van der Waals surface area contributed by atoms with Gasteiger partial charge in [0.1, 0.15) is 11.5 Å². The normalized spacial score (nSPS) is 14.8. The lowest BCUT2D eigenvalue weighted by atomic mass is 9.99. The van der Waals surface area contributed by atoms with Gasteiger partial charge in [0.05, 0.1) is 20.1 Å². The number of likely N-dealkylation sites (tertiary alicyclic amines) is 1. The summed E-state index contributed by atoms with van der Waals surface area (Å²) in [6.45, 7) is 2.59. The molecule has 134 valence electrons. The van der Waals surface area contributed by atoms with Crippen LogP contribution < -0.4 is 9.47 Å². The fourth-order valence-corrected chi connectivity index (χ4v) is 3.08. The lowest BCUT2D eigenvalue weighted by Crippen LogP contribution is -2.44. The van der Waals surface area contributed by atoms with Crippen LogP contribution in [0.2, 0.25) is 0 Å². The third kappa shape index (κ3) is 3.39. The Bertz CT molecular complexity index is 853. The molecule has 26 heavy (non-hydrogen) atoms. The molecule has 0 aliphatic carbocycles. The molecule has 1 aliphatic heterocycles. The van der Waals surface area contributed by atoms with Gasteiger partial charge in [-0.25, -0.2) is 0 Å². The molecule has 1 saturated heterocycles. The maximum Gasteiger partial charge on any atom is 0.232 e. The van der Waals surface area contributed by atoms with E-state index in [1.165, 1.54) is 0 Å². The topological polar surface area (TPSA) is 73.5 Å². The van der Waals surface area contributed by atoms with Crippen LogP contribution in [0.3, 0.4) is 0 Å². The summed E-state index contributed by atoms with van der Waals surface area (Å²) < 4.78 is 16.1. The van der Waals surface area contributed by atoms with E-state index in [2.05, 4.69) is 20.0 Å². The van der Waals surface area contributed by atoms with Gasteiger partial charge in [0.25, 0.3) is 0 Å². The van der Waals surface area contributed by atoms with Crippen LogP contribution in [0.1, 0.15) is 17.4 Å². The summed E-state index contributed by atoms with van der Waals surface area (Å²) in [6, 6.07) is 9.72. The van der Waals surface area contributed by atoms with E-state index in [0.29, 0.717) is 11.7 Å². The van der Waals surface area contributed by atoms with Crippen molar-refractivity contribution in [2.24, 2.45) is 0 Å². The molecule has 7 nitrogen and oxygen atoms in total. The Morgan fingerprint density at radius 2 is 1.92 bits per heavy atom. The molecule has 0 saturated carbocycles. The summed E-state index contributed by atoms with van der Waals surface area (Å²) in [7, 11) is 3.32. The monoisotopic (exact) mass is 352 g/mol. The van der Waals surface area contributed by atoms with Crippen LogP contribution >= 0.6 is 0 Å². The molecule has 1 aliphatic rings. The summed E-state index contributed by atoms with van der Waals surface area (Å²) in [5, 5.41) is 4.07. The number of benzene rings is 1. The van der Waals surface area contributed by atoms with E-state index in [4.69, 9.17) is 14.0 Å². The average molecular weight is 352 g/mol. The van der Waals surface area contributed by atoms with Crippen molar-refractivity contribution in [1.29, 1.82) is 0 Å². The molecule has 1 aromatic carbocycles.